The zero-order valence-electron chi connectivity index (χ0n) is 10.3. The number of hydrogen-bond donors (Lipinski definition) is 2. The lowest BCUT2D eigenvalue weighted by atomic mass is 10.3. The Morgan fingerprint density at radius 2 is 2.16 bits per heavy atom. The van der Waals surface area contributed by atoms with Gasteiger partial charge in [0, 0.05) is 0 Å². The lowest BCUT2D eigenvalue weighted by Gasteiger charge is -2.08. The van der Waals surface area contributed by atoms with E-state index in [4.69, 9.17) is 5.73 Å². The maximum atomic E-state index is 12.9. The van der Waals surface area contributed by atoms with E-state index in [-0.39, 0.29) is 24.4 Å². The first-order chi connectivity index (χ1) is 8.84. The van der Waals surface area contributed by atoms with Crippen molar-refractivity contribution in [2.75, 3.05) is 22.8 Å². The van der Waals surface area contributed by atoms with E-state index in [1.54, 1.807) is 6.92 Å². The standard InChI is InChI=1S/C11H15FN2O4S/c1-2-18-11(15)5-6-19(16,17)14-8-3-4-9(12)10(13)7-8/h3-4,7,14H,2,5-6,13H2,1H3. The molecule has 1 aromatic carbocycles. The Balaban J connectivity index is 2.64. The molecule has 3 N–H and O–H groups in total. The van der Waals surface area contributed by atoms with Crippen LogP contribution in [-0.2, 0) is 19.6 Å². The van der Waals surface area contributed by atoms with Gasteiger partial charge in [-0.2, -0.15) is 0 Å². The molecular formula is C11H15FN2O4S. The molecule has 106 valence electrons. The van der Waals surface area contributed by atoms with Crippen LogP contribution in [0.1, 0.15) is 13.3 Å². The minimum absolute atomic E-state index is 0.141. The van der Waals surface area contributed by atoms with Crippen LogP contribution in [-0.4, -0.2) is 26.7 Å². The predicted molar refractivity (Wildman–Crippen MR) is 69.5 cm³/mol. The van der Waals surface area contributed by atoms with Crippen molar-refractivity contribution in [3.63, 3.8) is 0 Å². The smallest absolute Gasteiger partial charge is 0.306 e. The van der Waals surface area contributed by atoms with E-state index < -0.39 is 27.6 Å². The summed E-state index contributed by atoms with van der Waals surface area (Å²) < 4.78 is 43.0. The highest BCUT2D eigenvalue weighted by Crippen LogP contribution is 2.17. The zero-order chi connectivity index (χ0) is 14.5. The molecule has 0 saturated carbocycles. The van der Waals surface area contributed by atoms with Gasteiger partial charge in [-0.25, -0.2) is 12.8 Å². The number of halogens is 1. The lowest BCUT2D eigenvalue weighted by Crippen LogP contribution is -2.20. The minimum atomic E-state index is -3.71. The number of benzene rings is 1. The third kappa shape index (κ3) is 5.12. The highest BCUT2D eigenvalue weighted by Gasteiger charge is 2.14. The predicted octanol–water partition coefficient (Wildman–Crippen LogP) is 1.10. The van der Waals surface area contributed by atoms with Crippen molar-refractivity contribution >= 4 is 27.4 Å². The van der Waals surface area contributed by atoms with Crippen LogP contribution < -0.4 is 10.5 Å². The summed E-state index contributed by atoms with van der Waals surface area (Å²) in [5.74, 6) is -1.63. The van der Waals surface area contributed by atoms with Gasteiger partial charge in [-0.3, -0.25) is 9.52 Å². The fourth-order valence-electron chi connectivity index (χ4n) is 1.29. The summed E-state index contributed by atoms with van der Waals surface area (Å²) in [6, 6.07) is 3.46. The summed E-state index contributed by atoms with van der Waals surface area (Å²) in [6.07, 6.45) is -0.250. The Hall–Kier alpha value is -1.83. The van der Waals surface area contributed by atoms with Gasteiger partial charge in [0.1, 0.15) is 5.82 Å². The zero-order valence-corrected chi connectivity index (χ0v) is 11.2. The summed E-state index contributed by atoms with van der Waals surface area (Å²) >= 11 is 0. The number of rotatable bonds is 6. The minimum Gasteiger partial charge on any atom is -0.466 e. The van der Waals surface area contributed by atoms with E-state index in [1.165, 1.54) is 6.07 Å². The van der Waals surface area contributed by atoms with Crippen molar-refractivity contribution < 1.29 is 22.3 Å². The molecule has 0 amide bonds. The molecule has 0 bridgehead atoms. The Morgan fingerprint density at radius 1 is 1.47 bits per heavy atom. The van der Waals surface area contributed by atoms with Gasteiger partial charge in [-0.05, 0) is 25.1 Å². The van der Waals surface area contributed by atoms with Crippen molar-refractivity contribution in [1.29, 1.82) is 0 Å². The molecule has 0 atom stereocenters. The number of carbonyl (C=O) groups excluding carboxylic acids is 1. The number of esters is 1. The number of hydrogen-bond acceptors (Lipinski definition) is 5. The number of ether oxygens (including phenoxy) is 1. The number of nitrogen functional groups attached to an aromatic ring is 1. The van der Waals surface area contributed by atoms with Crippen molar-refractivity contribution in [3.05, 3.63) is 24.0 Å². The summed E-state index contributed by atoms with van der Waals surface area (Å²) in [7, 11) is -3.71. The van der Waals surface area contributed by atoms with Crippen LogP contribution in [0.3, 0.4) is 0 Å². The van der Waals surface area contributed by atoms with Gasteiger partial charge in [0.15, 0.2) is 0 Å². The van der Waals surface area contributed by atoms with Crippen LogP contribution in [0.2, 0.25) is 0 Å². The van der Waals surface area contributed by atoms with Gasteiger partial charge in [-0.15, -0.1) is 0 Å². The molecule has 1 rings (SSSR count). The molecule has 0 spiro atoms. The number of anilines is 2. The molecule has 0 fully saturated rings. The molecule has 0 radical (unpaired) electrons. The second kappa shape index (κ2) is 6.37. The van der Waals surface area contributed by atoms with Crippen LogP contribution in [0.4, 0.5) is 15.8 Å². The summed E-state index contributed by atoms with van der Waals surface area (Å²) in [6.45, 7) is 1.83. The number of nitrogens with two attached hydrogens (primary N) is 1. The highest BCUT2D eigenvalue weighted by molar-refractivity contribution is 7.92. The maximum Gasteiger partial charge on any atom is 0.306 e. The van der Waals surface area contributed by atoms with Gasteiger partial charge in [0.25, 0.3) is 0 Å². The second-order valence-corrected chi connectivity index (χ2v) is 5.55. The van der Waals surface area contributed by atoms with Gasteiger partial charge >= 0.3 is 5.97 Å². The molecular weight excluding hydrogens is 275 g/mol. The Morgan fingerprint density at radius 3 is 2.74 bits per heavy atom. The van der Waals surface area contributed by atoms with Crippen LogP contribution in [0.25, 0.3) is 0 Å². The molecule has 0 aliphatic carbocycles. The maximum absolute atomic E-state index is 12.9. The van der Waals surface area contributed by atoms with Crippen LogP contribution in [0.5, 0.6) is 0 Å². The van der Waals surface area contributed by atoms with Gasteiger partial charge in [0.05, 0.1) is 30.2 Å². The molecule has 0 heterocycles. The third-order valence-corrected chi connectivity index (χ3v) is 3.44. The highest BCUT2D eigenvalue weighted by atomic mass is 32.2. The van der Waals surface area contributed by atoms with Crippen molar-refractivity contribution in [2.45, 2.75) is 13.3 Å². The second-order valence-electron chi connectivity index (χ2n) is 3.71. The molecule has 0 aliphatic rings. The van der Waals surface area contributed by atoms with Gasteiger partial charge in [-0.1, -0.05) is 0 Å². The molecule has 0 unspecified atom stereocenters. The van der Waals surface area contributed by atoms with E-state index in [1.807, 2.05) is 0 Å². The molecule has 1 aromatic rings. The monoisotopic (exact) mass is 290 g/mol. The molecule has 0 saturated heterocycles. The average molecular weight is 290 g/mol. The molecule has 8 heteroatoms. The van der Waals surface area contributed by atoms with Crippen molar-refractivity contribution in [1.82, 2.24) is 0 Å². The largest absolute Gasteiger partial charge is 0.466 e. The summed E-state index contributed by atoms with van der Waals surface area (Å²) in [4.78, 5) is 11.1. The number of nitrogens with one attached hydrogen (secondary N) is 1. The average Bonchev–Trinajstić information content (AvgIpc) is 2.32. The number of carbonyl (C=O) groups is 1. The molecule has 19 heavy (non-hydrogen) atoms. The first kappa shape index (κ1) is 15.2. The quantitative estimate of drug-likeness (QED) is 0.604. The Kier molecular flexibility index (Phi) is 5.11. The summed E-state index contributed by atoms with van der Waals surface area (Å²) in [5.41, 5.74) is 5.30. The SMILES string of the molecule is CCOC(=O)CCS(=O)(=O)Nc1ccc(F)c(N)c1. The van der Waals surface area contributed by atoms with Crippen molar-refractivity contribution in [2.24, 2.45) is 0 Å². The molecule has 0 aromatic heterocycles. The first-order valence-electron chi connectivity index (χ1n) is 5.55. The van der Waals surface area contributed by atoms with E-state index in [0.29, 0.717) is 0 Å². The third-order valence-electron chi connectivity index (χ3n) is 2.15. The van der Waals surface area contributed by atoms with Crippen LogP contribution >= 0.6 is 0 Å². The van der Waals surface area contributed by atoms with E-state index in [9.17, 15) is 17.6 Å². The van der Waals surface area contributed by atoms with Crippen LogP contribution in [0, 0.1) is 5.82 Å². The Bertz CT molecular complexity index is 560. The summed E-state index contributed by atoms with van der Waals surface area (Å²) in [5, 5.41) is 0. The normalized spacial score (nSPS) is 11.1. The van der Waals surface area contributed by atoms with Crippen molar-refractivity contribution in [3.8, 4) is 0 Å². The first-order valence-corrected chi connectivity index (χ1v) is 7.20. The van der Waals surface area contributed by atoms with E-state index >= 15 is 0 Å². The Labute approximate surface area is 110 Å². The van der Waals surface area contributed by atoms with Gasteiger partial charge < -0.3 is 10.5 Å². The molecule has 0 aliphatic heterocycles. The fraction of sp³-hybridized carbons (Fsp3) is 0.364. The van der Waals surface area contributed by atoms with Crippen LogP contribution in [0.15, 0.2) is 18.2 Å². The number of sulfonamides is 1. The molecule has 6 nitrogen and oxygen atoms in total. The van der Waals surface area contributed by atoms with Gasteiger partial charge in [0.2, 0.25) is 10.0 Å². The lowest BCUT2D eigenvalue weighted by molar-refractivity contribution is -0.142. The fourth-order valence-corrected chi connectivity index (χ4v) is 2.31. The van der Waals surface area contributed by atoms with E-state index in [0.717, 1.165) is 12.1 Å². The topological polar surface area (TPSA) is 98.5 Å². The van der Waals surface area contributed by atoms with E-state index in [2.05, 4.69) is 9.46 Å².